The molecule has 4 rings (SSSR count). The Morgan fingerprint density at radius 3 is 3.04 bits per heavy atom. The van der Waals surface area contributed by atoms with E-state index < -0.39 is 0 Å². The maximum Gasteiger partial charge on any atom is 0.262 e. The molecule has 0 atom stereocenters. The fourth-order valence-electron chi connectivity index (χ4n) is 2.77. The van der Waals surface area contributed by atoms with Crippen molar-refractivity contribution >= 4 is 33.3 Å². The lowest BCUT2D eigenvalue weighted by atomic mass is 10.2. The van der Waals surface area contributed by atoms with Gasteiger partial charge in [-0.25, -0.2) is 9.97 Å². The summed E-state index contributed by atoms with van der Waals surface area (Å²) in [5.41, 5.74) is 1.21. The van der Waals surface area contributed by atoms with Crippen molar-refractivity contribution in [1.82, 2.24) is 19.5 Å². The number of rotatable bonds is 3. The van der Waals surface area contributed by atoms with E-state index in [1.54, 1.807) is 42.3 Å². The minimum absolute atomic E-state index is 0.0137. The molecule has 0 saturated heterocycles. The second-order valence-corrected chi connectivity index (χ2v) is 7.30. The van der Waals surface area contributed by atoms with Crippen LogP contribution in [0.25, 0.3) is 10.2 Å². The standard InChI is InChI=1S/C15H14N4O2S2/c1-19-13(20)11-8-4-3-5-9(8)22-12(11)18-15(19)23-14-16-7-6-10(17-14)21-2/h6-7H,3-5H2,1-2H3. The van der Waals surface area contributed by atoms with E-state index in [-0.39, 0.29) is 5.56 Å². The Morgan fingerprint density at radius 2 is 2.22 bits per heavy atom. The molecule has 118 valence electrons. The molecule has 0 N–H and O–H groups in total. The molecule has 0 bridgehead atoms. The molecule has 8 heteroatoms. The SMILES string of the molecule is COc1ccnc(Sc2nc3sc4c(c3c(=O)n2C)CCC4)n1. The third-order valence-electron chi connectivity index (χ3n) is 3.90. The minimum Gasteiger partial charge on any atom is -0.481 e. The van der Waals surface area contributed by atoms with Gasteiger partial charge in [0, 0.05) is 24.2 Å². The van der Waals surface area contributed by atoms with Crippen molar-refractivity contribution in [2.75, 3.05) is 7.11 Å². The Morgan fingerprint density at radius 1 is 1.35 bits per heavy atom. The molecule has 0 radical (unpaired) electrons. The van der Waals surface area contributed by atoms with Gasteiger partial charge in [0.05, 0.1) is 12.5 Å². The molecular formula is C15H14N4O2S2. The predicted molar refractivity (Wildman–Crippen MR) is 89.6 cm³/mol. The maximum atomic E-state index is 12.7. The quantitative estimate of drug-likeness (QED) is 0.679. The highest BCUT2D eigenvalue weighted by atomic mass is 32.2. The highest BCUT2D eigenvalue weighted by molar-refractivity contribution is 7.99. The number of thiophene rings is 1. The van der Waals surface area contributed by atoms with E-state index in [0.717, 1.165) is 29.5 Å². The van der Waals surface area contributed by atoms with Crippen molar-refractivity contribution in [2.45, 2.75) is 29.6 Å². The van der Waals surface area contributed by atoms with Crippen LogP contribution in [-0.2, 0) is 19.9 Å². The highest BCUT2D eigenvalue weighted by Gasteiger charge is 2.22. The van der Waals surface area contributed by atoms with Gasteiger partial charge in [0.1, 0.15) is 4.83 Å². The van der Waals surface area contributed by atoms with Crippen LogP contribution in [0.5, 0.6) is 5.88 Å². The van der Waals surface area contributed by atoms with Gasteiger partial charge in [-0.05, 0) is 36.6 Å². The first-order valence-corrected chi connectivity index (χ1v) is 8.87. The Labute approximate surface area is 140 Å². The number of hydrogen-bond acceptors (Lipinski definition) is 7. The molecule has 0 saturated carbocycles. The lowest BCUT2D eigenvalue weighted by Gasteiger charge is -2.07. The average molecular weight is 346 g/mol. The summed E-state index contributed by atoms with van der Waals surface area (Å²) < 4.78 is 6.69. The monoisotopic (exact) mass is 346 g/mol. The van der Waals surface area contributed by atoms with Crippen molar-refractivity contribution in [2.24, 2.45) is 7.05 Å². The number of hydrogen-bond donors (Lipinski definition) is 0. The number of fused-ring (bicyclic) bond motifs is 3. The van der Waals surface area contributed by atoms with E-state index >= 15 is 0 Å². The Hall–Kier alpha value is -1.93. The Kier molecular flexibility index (Phi) is 3.57. The van der Waals surface area contributed by atoms with Crippen LogP contribution in [0, 0.1) is 0 Å². The zero-order valence-corrected chi connectivity index (χ0v) is 14.3. The van der Waals surface area contributed by atoms with E-state index in [2.05, 4.69) is 15.0 Å². The number of methoxy groups -OCH3 is 1. The number of ether oxygens (including phenoxy) is 1. The molecule has 3 aromatic heterocycles. The largest absolute Gasteiger partial charge is 0.481 e. The normalized spacial score (nSPS) is 13.5. The van der Waals surface area contributed by atoms with Crippen LogP contribution in [0.3, 0.4) is 0 Å². The molecule has 0 fully saturated rings. The molecule has 1 aliphatic carbocycles. The summed E-state index contributed by atoms with van der Waals surface area (Å²) in [5.74, 6) is 0.490. The summed E-state index contributed by atoms with van der Waals surface area (Å²) in [6.07, 6.45) is 4.80. The van der Waals surface area contributed by atoms with Gasteiger partial charge in [0.2, 0.25) is 5.88 Å². The van der Waals surface area contributed by atoms with Gasteiger partial charge in [-0.2, -0.15) is 4.98 Å². The van der Waals surface area contributed by atoms with Gasteiger partial charge in [0.25, 0.3) is 5.56 Å². The van der Waals surface area contributed by atoms with Gasteiger partial charge in [-0.1, -0.05) is 0 Å². The number of aromatic nitrogens is 4. The molecule has 3 aromatic rings. The summed E-state index contributed by atoms with van der Waals surface area (Å²) >= 11 is 2.91. The lowest BCUT2D eigenvalue weighted by molar-refractivity contribution is 0.392. The summed E-state index contributed by atoms with van der Waals surface area (Å²) in [6.45, 7) is 0. The Balaban J connectivity index is 1.81. The fraction of sp³-hybridized carbons (Fsp3) is 0.333. The van der Waals surface area contributed by atoms with Gasteiger partial charge in [0.15, 0.2) is 10.3 Å². The molecule has 0 spiro atoms. The number of aryl methyl sites for hydroxylation is 2. The third-order valence-corrected chi connectivity index (χ3v) is 6.02. The maximum absolute atomic E-state index is 12.7. The van der Waals surface area contributed by atoms with Crippen molar-refractivity contribution < 1.29 is 4.74 Å². The van der Waals surface area contributed by atoms with E-state index in [1.165, 1.54) is 22.2 Å². The first-order valence-electron chi connectivity index (χ1n) is 7.23. The number of nitrogens with zero attached hydrogens (tertiary/aromatic N) is 4. The lowest BCUT2D eigenvalue weighted by Crippen LogP contribution is -2.20. The van der Waals surface area contributed by atoms with Crippen LogP contribution in [0.2, 0.25) is 0 Å². The zero-order chi connectivity index (χ0) is 16.0. The van der Waals surface area contributed by atoms with Gasteiger partial charge >= 0.3 is 0 Å². The third kappa shape index (κ3) is 2.42. The van der Waals surface area contributed by atoms with Crippen LogP contribution >= 0.6 is 23.1 Å². The first kappa shape index (κ1) is 14.6. The molecule has 0 aliphatic heterocycles. The average Bonchev–Trinajstić information content (AvgIpc) is 3.13. The zero-order valence-electron chi connectivity index (χ0n) is 12.7. The van der Waals surface area contributed by atoms with Crippen LogP contribution in [0.1, 0.15) is 16.9 Å². The van der Waals surface area contributed by atoms with Crippen LogP contribution in [-0.4, -0.2) is 26.6 Å². The molecular weight excluding hydrogens is 332 g/mol. The van der Waals surface area contributed by atoms with Crippen molar-refractivity contribution in [3.63, 3.8) is 0 Å². The summed E-state index contributed by atoms with van der Waals surface area (Å²) in [6, 6.07) is 1.68. The highest BCUT2D eigenvalue weighted by Crippen LogP contribution is 2.36. The van der Waals surface area contributed by atoms with Crippen LogP contribution in [0.15, 0.2) is 27.4 Å². The fourth-order valence-corrected chi connectivity index (χ4v) is 4.85. The van der Waals surface area contributed by atoms with E-state index in [4.69, 9.17) is 4.74 Å². The van der Waals surface area contributed by atoms with Gasteiger partial charge < -0.3 is 4.74 Å². The summed E-state index contributed by atoms with van der Waals surface area (Å²) in [7, 11) is 3.31. The molecule has 0 amide bonds. The van der Waals surface area contributed by atoms with Crippen molar-refractivity contribution in [3.8, 4) is 5.88 Å². The van der Waals surface area contributed by atoms with Crippen LogP contribution < -0.4 is 10.3 Å². The summed E-state index contributed by atoms with van der Waals surface area (Å²) in [5, 5.41) is 1.90. The van der Waals surface area contributed by atoms with E-state index in [0.29, 0.717) is 16.2 Å². The molecule has 1 aliphatic rings. The topological polar surface area (TPSA) is 69.9 Å². The second kappa shape index (κ2) is 5.61. The van der Waals surface area contributed by atoms with Gasteiger partial charge in [-0.3, -0.25) is 9.36 Å². The molecule has 3 heterocycles. The minimum atomic E-state index is 0.0137. The Bertz CT molecular complexity index is 964. The van der Waals surface area contributed by atoms with Gasteiger partial charge in [-0.15, -0.1) is 11.3 Å². The smallest absolute Gasteiger partial charge is 0.262 e. The predicted octanol–water partition coefficient (Wildman–Crippen LogP) is 2.43. The van der Waals surface area contributed by atoms with Crippen molar-refractivity contribution in [1.29, 1.82) is 0 Å². The van der Waals surface area contributed by atoms with Crippen molar-refractivity contribution in [3.05, 3.63) is 33.1 Å². The first-order chi connectivity index (χ1) is 11.2. The van der Waals surface area contributed by atoms with E-state index in [1.807, 2.05) is 0 Å². The molecule has 0 unspecified atom stereocenters. The van der Waals surface area contributed by atoms with Crippen LogP contribution in [0.4, 0.5) is 0 Å². The molecule has 0 aromatic carbocycles. The van der Waals surface area contributed by atoms with E-state index in [9.17, 15) is 4.79 Å². The molecule has 23 heavy (non-hydrogen) atoms. The second-order valence-electron chi connectivity index (χ2n) is 5.28. The molecule has 6 nitrogen and oxygen atoms in total. The summed E-state index contributed by atoms with van der Waals surface area (Å²) in [4.78, 5) is 28.0.